The van der Waals surface area contributed by atoms with Crippen LogP contribution in [0.2, 0.25) is 0 Å². The van der Waals surface area contributed by atoms with Gasteiger partial charge in [-0.25, -0.2) is 0 Å². The van der Waals surface area contributed by atoms with Gasteiger partial charge < -0.3 is 5.32 Å². The molecule has 0 saturated heterocycles. The maximum Gasteiger partial charge on any atom is 0.226 e. The molecular formula is C18H27NOS. The van der Waals surface area contributed by atoms with E-state index in [0.29, 0.717) is 16.7 Å². The molecule has 1 heterocycles. The van der Waals surface area contributed by atoms with Crippen molar-refractivity contribution in [2.75, 3.05) is 12.3 Å². The Hall–Kier alpha value is -0.440. The Kier molecular flexibility index (Phi) is 3.06. The monoisotopic (exact) mass is 305 g/mol. The van der Waals surface area contributed by atoms with E-state index in [2.05, 4.69) is 25.2 Å². The first-order valence-electron chi connectivity index (χ1n) is 8.51. The lowest BCUT2D eigenvalue weighted by molar-refractivity contribution is -0.169. The smallest absolute Gasteiger partial charge is 0.226 e. The lowest BCUT2D eigenvalue weighted by Gasteiger charge is -2.64. The van der Waals surface area contributed by atoms with Crippen molar-refractivity contribution in [2.45, 2.75) is 58.8 Å². The molecule has 1 N–H and O–H groups in total. The Balaban J connectivity index is 1.52. The van der Waals surface area contributed by atoms with Gasteiger partial charge in [0.15, 0.2) is 0 Å². The van der Waals surface area contributed by atoms with Crippen LogP contribution in [0.5, 0.6) is 0 Å². The van der Waals surface area contributed by atoms with Gasteiger partial charge in [-0.15, -0.1) is 11.8 Å². The number of carbonyl (C=O) groups is 1. The van der Waals surface area contributed by atoms with Gasteiger partial charge in [0, 0.05) is 17.2 Å². The molecular weight excluding hydrogens is 278 g/mol. The van der Waals surface area contributed by atoms with Gasteiger partial charge in [-0.2, -0.15) is 0 Å². The third-order valence-corrected chi connectivity index (χ3v) is 7.43. The zero-order valence-corrected chi connectivity index (χ0v) is 14.2. The van der Waals surface area contributed by atoms with E-state index in [1.807, 2.05) is 11.8 Å². The fraction of sp³-hybridized carbons (Fsp3) is 0.833. The summed E-state index contributed by atoms with van der Waals surface area (Å²) < 4.78 is 0. The fourth-order valence-electron chi connectivity index (χ4n) is 6.65. The van der Waals surface area contributed by atoms with Crippen LogP contribution in [0.1, 0.15) is 58.8 Å². The summed E-state index contributed by atoms with van der Waals surface area (Å²) >= 11 is 1.91. The van der Waals surface area contributed by atoms with Crippen molar-refractivity contribution < 1.29 is 4.79 Å². The first kappa shape index (κ1) is 14.2. The minimum atomic E-state index is -0.0489. The van der Waals surface area contributed by atoms with Crippen molar-refractivity contribution in [1.82, 2.24) is 5.32 Å². The van der Waals surface area contributed by atoms with E-state index in [0.717, 1.165) is 31.7 Å². The normalized spacial score (nSPS) is 47.5. The van der Waals surface area contributed by atoms with Crippen LogP contribution in [-0.2, 0) is 4.79 Å². The largest absolute Gasteiger partial charge is 0.351 e. The van der Waals surface area contributed by atoms with Crippen molar-refractivity contribution in [3.63, 3.8) is 0 Å². The second kappa shape index (κ2) is 4.53. The van der Waals surface area contributed by atoms with E-state index in [9.17, 15) is 4.79 Å². The zero-order chi connectivity index (χ0) is 14.7. The topological polar surface area (TPSA) is 29.1 Å². The molecule has 116 valence electrons. The SMILES string of the molecule is CC12CC3CC(C)(C1)CC(C(=O)NCC1=CCCS1)(C3)C2. The molecule has 3 heteroatoms. The number of rotatable bonds is 3. The number of nitrogens with one attached hydrogen (secondary N) is 1. The maximum atomic E-state index is 13.0. The molecule has 5 rings (SSSR count). The molecule has 1 aliphatic heterocycles. The summed E-state index contributed by atoms with van der Waals surface area (Å²) in [6.07, 6.45) is 10.9. The molecule has 4 saturated carbocycles. The highest BCUT2D eigenvalue weighted by molar-refractivity contribution is 8.03. The minimum absolute atomic E-state index is 0.0489. The quantitative estimate of drug-likeness (QED) is 0.850. The fourth-order valence-corrected chi connectivity index (χ4v) is 7.56. The predicted octanol–water partition coefficient (Wildman–Crippen LogP) is 4.12. The Bertz CT molecular complexity index is 493. The van der Waals surface area contributed by atoms with E-state index < -0.39 is 0 Å². The molecule has 0 aromatic carbocycles. The molecule has 1 amide bonds. The molecule has 0 aromatic rings. The molecule has 21 heavy (non-hydrogen) atoms. The molecule has 2 unspecified atom stereocenters. The molecule has 4 bridgehead atoms. The van der Waals surface area contributed by atoms with Gasteiger partial charge in [0.25, 0.3) is 0 Å². The summed E-state index contributed by atoms with van der Waals surface area (Å²) in [4.78, 5) is 14.4. The van der Waals surface area contributed by atoms with Gasteiger partial charge >= 0.3 is 0 Å². The summed E-state index contributed by atoms with van der Waals surface area (Å²) in [5.74, 6) is 2.34. The summed E-state index contributed by atoms with van der Waals surface area (Å²) in [7, 11) is 0. The maximum absolute atomic E-state index is 13.0. The Morgan fingerprint density at radius 3 is 2.52 bits per heavy atom. The highest BCUT2D eigenvalue weighted by atomic mass is 32.2. The highest BCUT2D eigenvalue weighted by Gasteiger charge is 2.62. The first-order chi connectivity index (χ1) is 9.91. The van der Waals surface area contributed by atoms with Crippen LogP contribution in [0.15, 0.2) is 11.0 Å². The van der Waals surface area contributed by atoms with Crippen molar-refractivity contribution in [2.24, 2.45) is 22.2 Å². The van der Waals surface area contributed by atoms with Gasteiger partial charge in [-0.1, -0.05) is 19.9 Å². The Labute approximate surface area is 132 Å². The van der Waals surface area contributed by atoms with Crippen molar-refractivity contribution in [3.8, 4) is 0 Å². The van der Waals surface area contributed by atoms with Crippen molar-refractivity contribution >= 4 is 17.7 Å². The van der Waals surface area contributed by atoms with Gasteiger partial charge in [-0.3, -0.25) is 4.79 Å². The molecule has 0 spiro atoms. The number of carbonyl (C=O) groups excluding carboxylic acids is 1. The van der Waals surface area contributed by atoms with E-state index >= 15 is 0 Å². The van der Waals surface area contributed by atoms with Crippen LogP contribution in [-0.4, -0.2) is 18.2 Å². The zero-order valence-electron chi connectivity index (χ0n) is 13.3. The number of thioether (sulfide) groups is 1. The van der Waals surface area contributed by atoms with Crippen LogP contribution in [0.4, 0.5) is 0 Å². The molecule has 0 radical (unpaired) electrons. The molecule has 5 aliphatic rings. The van der Waals surface area contributed by atoms with E-state index in [1.54, 1.807) is 0 Å². The average Bonchev–Trinajstić information content (AvgIpc) is 2.84. The molecule has 2 nitrogen and oxygen atoms in total. The lowest BCUT2D eigenvalue weighted by atomic mass is 9.40. The summed E-state index contributed by atoms with van der Waals surface area (Å²) in [6.45, 7) is 5.64. The Morgan fingerprint density at radius 2 is 1.95 bits per heavy atom. The standard InChI is InChI=1S/C18H27NOS/c1-16-6-13-7-17(2,10-16)12-18(8-13,11-16)15(20)19-9-14-4-3-5-21-14/h4,13H,3,5-12H2,1-2H3,(H,19,20). The Morgan fingerprint density at radius 1 is 1.24 bits per heavy atom. The number of amides is 1. The molecule has 0 aromatic heterocycles. The van der Waals surface area contributed by atoms with Gasteiger partial charge in [0.2, 0.25) is 5.91 Å². The molecule has 2 atom stereocenters. The summed E-state index contributed by atoms with van der Waals surface area (Å²) in [5.41, 5.74) is 0.798. The second-order valence-corrected chi connectivity index (χ2v) is 10.1. The minimum Gasteiger partial charge on any atom is -0.351 e. The van der Waals surface area contributed by atoms with Crippen LogP contribution in [0.3, 0.4) is 0 Å². The number of allylic oxidation sites excluding steroid dienone is 1. The number of hydrogen-bond donors (Lipinski definition) is 1. The first-order valence-corrected chi connectivity index (χ1v) is 9.49. The van der Waals surface area contributed by atoms with Gasteiger partial charge in [0.05, 0.1) is 5.41 Å². The van der Waals surface area contributed by atoms with Crippen LogP contribution in [0.25, 0.3) is 0 Å². The highest BCUT2D eigenvalue weighted by Crippen LogP contribution is 2.69. The van der Waals surface area contributed by atoms with Crippen LogP contribution < -0.4 is 5.32 Å². The second-order valence-electron chi connectivity index (χ2n) is 8.90. The number of hydrogen-bond acceptors (Lipinski definition) is 2. The van der Waals surface area contributed by atoms with Gasteiger partial charge in [0.1, 0.15) is 0 Å². The van der Waals surface area contributed by atoms with Crippen LogP contribution >= 0.6 is 11.8 Å². The van der Waals surface area contributed by atoms with Crippen molar-refractivity contribution in [3.05, 3.63) is 11.0 Å². The molecule has 4 fully saturated rings. The average molecular weight is 305 g/mol. The van der Waals surface area contributed by atoms with Gasteiger partial charge in [-0.05, 0) is 61.7 Å². The summed E-state index contributed by atoms with van der Waals surface area (Å²) in [5, 5.41) is 3.29. The third-order valence-electron chi connectivity index (χ3n) is 6.31. The lowest BCUT2D eigenvalue weighted by Crippen LogP contribution is -2.59. The predicted molar refractivity (Wildman–Crippen MR) is 88.0 cm³/mol. The van der Waals surface area contributed by atoms with E-state index in [4.69, 9.17) is 0 Å². The third kappa shape index (κ3) is 2.36. The van der Waals surface area contributed by atoms with Crippen molar-refractivity contribution in [1.29, 1.82) is 0 Å². The van der Waals surface area contributed by atoms with E-state index in [-0.39, 0.29) is 5.41 Å². The molecule has 4 aliphatic carbocycles. The summed E-state index contributed by atoms with van der Waals surface area (Å²) in [6, 6.07) is 0. The van der Waals surface area contributed by atoms with Crippen LogP contribution in [0, 0.1) is 22.2 Å². The van der Waals surface area contributed by atoms with E-state index in [1.165, 1.54) is 36.3 Å².